The monoisotopic (exact) mass is 152 g/mol. The second kappa shape index (κ2) is 2.08. The molecule has 58 valence electrons. The van der Waals surface area contributed by atoms with E-state index >= 15 is 0 Å². The minimum absolute atomic E-state index is 0.431. The fraction of sp³-hybridized carbons (Fsp3) is 0.429. The molecule has 1 aliphatic heterocycles. The zero-order valence-electron chi connectivity index (χ0n) is 5.90. The highest BCUT2D eigenvalue weighted by molar-refractivity contribution is 5.72. The fourth-order valence-electron chi connectivity index (χ4n) is 1.46. The first kappa shape index (κ1) is 6.39. The summed E-state index contributed by atoms with van der Waals surface area (Å²) >= 11 is 0. The van der Waals surface area contributed by atoms with Crippen LogP contribution < -0.4 is 0 Å². The molecule has 2 rings (SSSR count). The van der Waals surface area contributed by atoms with Crippen LogP contribution in [0, 0.1) is 0 Å². The summed E-state index contributed by atoms with van der Waals surface area (Å²) < 4.78 is 1.59. The predicted octanol–water partition coefficient (Wildman–Crippen LogP) is 0.455. The molecule has 1 N–H and O–H groups in total. The Balaban J connectivity index is 2.38. The molecule has 0 spiro atoms. The fourth-order valence-corrected chi connectivity index (χ4v) is 1.46. The normalized spacial score (nSPS) is 21.6. The SMILES string of the molecule is O=C(O)[C@H]1CCc2ccnn21. The number of rotatable bonds is 1. The van der Waals surface area contributed by atoms with Crippen molar-refractivity contribution in [3.8, 4) is 0 Å². The van der Waals surface area contributed by atoms with Gasteiger partial charge in [-0.15, -0.1) is 0 Å². The zero-order chi connectivity index (χ0) is 7.84. The number of aryl methyl sites for hydroxylation is 1. The minimum Gasteiger partial charge on any atom is -0.480 e. The summed E-state index contributed by atoms with van der Waals surface area (Å²) in [6.45, 7) is 0. The molecule has 0 unspecified atom stereocenters. The van der Waals surface area contributed by atoms with E-state index in [1.165, 1.54) is 0 Å². The van der Waals surface area contributed by atoms with Crippen molar-refractivity contribution in [2.45, 2.75) is 18.9 Å². The van der Waals surface area contributed by atoms with Crippen molar-refractivity contribution >= 4 is 5.97 Å². The highest BCUT2D eigenvalue weighted by Gasteiger charge is 2.27. The quantitative estimate of drug-likeness (QED) is 0.635. The van der Waals surface area contributed by atoms with Gasteiger partial charge in [-0.2, -0.15) is 5.10 Å². The lowest BCUT2D eigenvalue weighted by atomic mass is 10.2. The number of carboxylic acids is 1. The number of aliphatic carboxylic acids is 1. The van der Waals surface area contributed by atoms with Crippen LogP contribution in [0.5, 0.6) is 0 Å². The number of nitrogens with zero attached hydrogens (tertiary/aromatic N) is 2. The molecule has 4 heteroatoms. The third kappa shape index (κ3) is 0.824. The number of carboxylic acid groups (broad SMARTS) is 1. The first-order chi connectivity index (χ1) is 5.29. The Labute approximate surface area is 63.4 Å². The Morgan fingerprint density at radius 2 is 2.64 bits per heavy atom. The van der Waals surface area contributed by atoms with Gasteiger partial charge in [0.05, 0.1) is 0 Å². The van der Waals surface area contributed by atoms with Gasteiger partial charge < -0.3 is 5.11 Å². The smallest absolute Gasteiger partial charge is 0.328 e. The molecule has 1 aromatic rings. The summed E-state index contributed by atoms with van der Waals surface area (Å²) in [7, 11) is 0. The van der Waals surface area contributed by atoms with Crippen molar-refractivity contribution in [2.75, 3.05) is 0 Å². The Morgan fingerprint density at radius 3 is 3.36 bits per heavy atom. The van der Waals surface area contributed by atoms with E-state index in [4.69, 9.17) is 5.11 Å². The lowest BCUT2D eigenvalue weighted by Crippen LogP contribution is -2.15. The second-order valence-corrected chi connectivity index (χ2v) is 2.66. The van der Waals surface area contributed by atoms with Crippen LogP contribution in [-0.4, -0.2) is 20.9 Å². The average molecular weight is 152 g/mol. The molecule has 0 saturated heterocycles. The Kier molecular flexibility index (Phi) is 1.21. The van der Waals surface area contributed by atoms with Crippen molar-refractivity contribution in [3.63, 3.8) is 0 Å². The van der Waals surface area contributed by atoms with E-state index in [1.807, 2.05) is 6.07 Å². The molecule has 2 heterocycles. The molecule has 1 aliphatic rings. The van der Waals surface area contributed by atoms with Gasteiger partial charge >= 0.3 is 5.97 Å². The molecule has 0 aliphatic carbocycles. The Morgan fingerprint density at radius 1 is 1.82 bits per heavy atom. The molecule has 0 aromatic carbocycles. The molecule has 0 bridgehead atoms. The van der Waals surface area contributed by atoms with E-state index in [9.17, 15) is 4.79 Å². The third-order valence-electron chi connectivity index (χ3n) is 2.01. The van der Waals surface area contributed by atoms with Crippen LogP contribution in [0.2, 0.25) is 0 Å². The first-order valence-corrected chi connectivity index (χ1v) is 3.54. The first-order valence-electron chi connectivity index (χ1n) is 3.54. The van der Waals surface area contributed by atoms with E-state index in [0.717, 1.165) is 12.1 Å². The summed E-state index contributed by atoms with van der Waals surface area (Å²) in [5, 5.41) is 12.7. The number of hydrogen-bond acceptors (Lipinski definition) is 2. The van der Waals surface area contributed by atoms with Gasteiger partial charge in [0, 0.05) is 11.9 Å². The summed E-state index contributed by atoms with van der Waals surface area (Å²) in [6, 6.07) is 1.43. The van der Waals surface area contributed by atoms with E-state index in [1.54, 1.807) is 10.9 Å². The summed E-state index contributed by atoms with van der Waals surface area (Å²) in [4.78, 5) is 10.6. The molecule has 0 fully saturated rings. The summed E-state index contributed by atoms with van der Waals surface area (Å²) in [5.74, 6) is -0.785. The van der Waals surface area contributed by atoms with Crippen LogP contribution in [0.4, 0.5) is 0 Å². The van der Waals surface area contributed by atoms with Crippen LogP contribution in [0.3, 0.4) is 0 Å². The molecule has 1 aromatic heterocycles. The molecular formula is C7H8N2O2. The largest absolute Gasteiger partial charge is 0.480 e. The molecule has 1 atom stereocenters. The number of hydrogen-bond donors (Lipinski definition) is 1. The van der Waals surface area contributed by atoms with E-state index < -0.39 is 12.0 Å². The molecule has 0 amide bonds. The van der Waals surface area contributed by atoms with Gasteiger partial charge in [0.15, 0.2) is 0 Å². The van der Waals surface area contributed by atoms with Crippen molar-refractivity contribution in [2.24, 2.45) is 0 Å². The van der Waals surface area contributed by atoms with Crippen LogP contribution in [-0.2, 0) is 11.2 Å². The molecule has 0 saturated carbocycles. The van der Waals surface area contributed by atoms with Gasteiger partial charge in [-0.3, -0.25) is 4.68 Å². The predicted molar refractivity (Wildman–Crippen MR) is 37.2 cm³/mol. The maximum Gasteiger partial charge on any atom is 0.328 e. The summed E-state index contributed by atoms with van der Waals surface area (Å²) in [5.41, 5.74) is 1.03. The van der Waals surface area contributed by atoms with Crippen LogP contribution in [0.15, 0.2) is 12.3 Å². The van der Waals surface area contributed by atoms with Crippen LogP contribution in [0.1, 0.15) is 18.2 Å². The van der Waals surface area contributed by atoms with E-state index in [0.29, 0.717) is 6.42 Å². The minimum atomic E-state index is -0.785. The topological polar surface area (TPSA) is 55.1 Å². The highest BCUT2D eigenvalue weighted by Crippen LogP contribution is 2.23. The maximum absolute atomic E-state index is 10.6. The van der Waals surface area contributed by atoms with Crippen molar-refractivity contribution in [3.05, 3.63) is 18.0 Å². The number of carbonyl (C=O) groups is 1. The molecule has 11 heavy (non-hydrogen) atoms. The van der Waals surface area contributed by atoms with Crippen molar-refractivity contribution in [1.29, 1.82) is 0 Å². The van der Waals surface area contributed by atoms with E-state index in [2.05, 4.69) is 5.10 Å². The summed E-state index contributed by atoms with van der Waals surface area (Å²) in [6.07, 6.45) is 3.15. The Hall–Kier alpha value is -1.32. The second-order valence-electron chi connectivity index (χ2n) is 2.66. The van der Waals surface area contributed by atoms with Crippen molar-refractivity contribution < 1.29 is 9.90 Å². The van der Waals surface area contributed by atoms with Gasteiger partial charge in [0.1, 0.15) is 6.04 Å². The van der Waals surface area contributed by atoms with Gasteiger partial charge in [0.2, 0.25) is 0 Å². The molecule has 0 radical (unpaired) electrons. The molecular weight excluding hydrogens is 144 g/mol. The van der Waals surface area contributed by atoms with Gasteiger partial charge in [-0.25, -0.2) is 4.79 Å². The van der Waals surface area contributed by atoms with Crippen molar-refractivity contribution in [1.82, 2.24) is 9.78 Å². The van der Waals surface area contributed by atoms with Crippen LogP contribution in [0.25, 0.3) is 0 Å². The number of fused-ring (bicyclic) bond motifs is 1. The lowest BCUT2D eigenvalue weighted by Gasteiger charge is -2.03. The third-order valence-corrected chi connectivity index (χ3v) is 2.01. The van der Waals surface area contributed by atoms with E-state index in [-0.39, 0.29) is 0 Å². The lowest BCUT2D eigenvalue weighted by molar-refractivity contribution is -0.140. The van der Waals surface area contributed by atoms with Gasteiger partial charge in [-0.05, 0) is 18.9 Å². The maximum atomic E-state index is 10.6. The molecule has 4 nitrogen and oxygen atoms in total. The van der Waals surface area contributed by atoms with Gasteiger partial charge in [0.25, 0.3) is 0 Å². The average Bonchev–Trinajstić information content (AvgIpc) is 2.41. The van der Waals surface area contributed by atoms with Crippen LogP contribution >= 0.6 is 0 Å². The zero-order valence-corrected chi connectivity index (χ0v) is 5.90. The van der Waals surface area contributed by atoms with Gasteiger partial charge in [-0.1, -0.05) is 0 Å². The number of aromatic nitrogens is 2. The standard InChI is InChI=1S/C7H8N2O2/c10-7(11)6-2-1-5-3-4-8-9(5)6/h3-4,6H,1-2H2,(H,10,11)/t6-/m1/s1. The highest BCUT2D eigenvalue weighted by atomic mass is 16.4. The Bertz CT molecular complexity index is 292.